The molecule has 4 nitrogen and oxygen atoms in total. The zero-order valence-corrected chi connectivity index (χ0v) is 10.7. The van der Waals surface area contributed by atoms with Gasteiger partial charge in [-0.3, -0.25) is 4.79 Å². The number of aromatic nitrogens is 2. The maximum atomic E-state index is 11.7. The fraction of sp³-hybridized carbons (Fsp3) is 0.300. The highest BCUT2D eigenvalue weighted by Gasteiger charge is 2.18. The first-order valence-electron chi connectivity index (χ1n) is 4.46. The van der Waals surface area contributed by atoms with Gasteiger partial charge < -0.3 is 4.74 Å². The predicted octanol–water partition coefficient (Wildman–Crippen LogP) is 2.62. The Morgan fingerprint density at radius 3 is 2.69 bits per heavy atom. The number of ether oxygens (including phenoxy) is 1. The number of ketones is 1. The van der Waals surface area contributed by atoms with Crippen molar-refractivity contribution in [2.24, 2.45) is 0 Å². The maximum absolute atomic E-state index is 11.7. The van der Waals surface area contributed by atoms with Gasteiger partial charge in [-0.2, -0.15) is 4.98 Å². The number of halogens is 1. The Hall–Kier alpha value is -1.07. The van der Waals surface area contributed by atoms with E-state index in [4.69, 9.17) is 16.3 Å². The van der Waals surface area contributed by atoms with Gasteiger partial charge in [0.25, 0.3) is 0 Å². The van der Waals surface area contributed by atoms with E-state index in [-0.39, 0.29) is 22.4 Å². The molecule has 1 rings (SSSR count). The third-order valence-electron chi connectivity index (χ3n) is 1.75. The first-order chi connectivity index (χ1) is 7.63. The van der Waals surface area contributed by atoms with Gasteiger partial charge in [-0.1, -0.05) is 29.4 Å². The highest BCUT2D eigenvalue weighted by atomic mass is 35.5. The smallest absolute Gasteiger partial charge is 0.230 e. The van der Waals surface area contributed by atoms with E-state index in [0.29, 0.717) is 5.16 Å². The molecule has 0 fully saturated rings. The highest BCUT2D eigenvalue weighted by Crippen LogP contribution is 2.26. The molecule has 0 aliphatic rings. The SMILES string of the molecule is C/C=C/C(=O)c1c(Cl)nc(SC)nc1OC. The van der Waals surface area contributed by atoms with Crippen LogP contribution in [0, 0.1) is 0 Å². The lowest BCUT2D eigenvalue weighted by molar-refractivity contribution is 0.104. The quantitative estimate of drug-likeness (QED) is 0.273. The average Bonchev–Trinajstić information content (AvgIpc) is 2.27. The van der Waals surface area contributed by atoms with Crippen molar-refractivity contribution >= 4 is 29.1 Å². The van der Waals surface area contributed by atoms with E-state index in [1.807, 2.05) is 6.26 Å². The number of thioether (sulfide) groups is 1. The number of carbonyl (C=O) groups excluding carboxylic acids is 1. The topological polar surface area (TPSA) is 52.1 Å². The van der Waals surface area contributed by atoms with Crippen LogP contribution in [0.4, 0.5) is 0 Å². The minimum atomic E-state index is -0.267. The molecule has 0 atom stereocenters. The number of allylic oxidation sites excluding steroid dienone is 2. The average molecular weight is 259 g/mol. The molecule has 16 heavy (non-hydrogen) atoms. The van der Waals surface area contributed by atoms with Crippen LogP contribution in [0.1, 0.15) is 17.3 Å². The summed E-state index contributed by atoms with van der Waals surface area (Å²) in [6.45, 7) is 1.75. The molecule has 1 heterocycles. The first-order valence-corrected chi connectivity index (χ1v) is 6.06. The van der Waals surface area contributed by atoms with E-state index in [1.165, 1.54) is 24.9 Å². The number of carbonyl (C=O) groups is 1. The van der Waals surface area contributed by atoms with Crippen LogP contribution in [-0.4, -0.2) is 29.1 Å². The molecule has 6 heteroatoms. The second-order valence-corrected chi connectivity index (χ2v) is 3.88. The van der Waals surface area contributed by atoms with Gasteiger partial charge in [0.1, 0.15) is 10.7 Å². The van der Waals surface area contributed by atoms with Crippen molar-refractivity contribution in [3.63, 3.8) is 0 Å². The molecule has 0 spiro atoms. The van der Waals surface area contributed by atoms with Gasteiger partial charge in [0.2, 0.25) is 5.88 Å². The Bertz CT molecular complexity index is 435. The highest BCUT2D eigenvalue weighted by molar-refractivity contribution is 7.98. The first kappa shape index (κ1) is 13.0. The van der Waals surface area contributed by atoms with Crippen LogP contribution in [-0.2, 0) is 0 Å². The van der Waals surface area contributed by atoms with Crippen LogP contribution in [0.15, 0.2) is 17.3 Å². The summed E-state index contributed by atoms with van der Waals surface area (Å²) in [6.07, 6.45) is 4.84. The van der Waals surface area contributed by atoms with Crippen molar-refractivity contribution in [2.45, 2.75) is 12.1 Å². The number of nitrogens with zero attached hydrogens (tertiary/aromatic N) is 2. The van der Waals surface area contributed by atoms with Crippen LogP contribution in [0.3, 0.4) is 0 Å². The van der Waals surface area contributed by atoms with Crippen molar-refractivity contribution in [3.8, 4) is 5.88 Å². The molecule has 0 aliphatic heterocycles. The Balaban J connectivity index is 3.32. The van der Waals surface area contributed by atoms with Gasteiger partial charge in [-0.25, -0.2) is 4.98 Å². The summed E-state index contributed by atoms with van der Waals surface area (Å²) in [5.41, 5.74) is 0.195. The Morgan fingerprint density at radius 2 is 2.19 bits per heavy atom. The van der Waals surface area contributed by atoms with Crippen LogP contribution >= 0.6 is 23.4 Å². The minimum Gasteiger partial charge on any atom is -0.480 e. The number of hydrogen-bond donors (Lipinski definition) is 0. The van der Waals surface area contributed by atoms with Crippen molar-refractivity contribution in [1.82, 2.24) is 9.97 Å². The summed E-state index contributed by atoms with van der Waals surface area (Å²) in [5.74, 6) is -0.0653. The van der Waals surface area contributed by atoms with Crippen LogP contribution in [0.5, 0.6) is 5.88 Å². The summed E-state index contributed by atoms with van der Waals surface area (Å²) in [6, 6.07) is 0. The van der Waals surface area contributed by atoms with E-state index in [9.17, 15) is 4.79 Å². The number of methoxy groups -OCH3 is 1. The molecule has 0 saturated carbocycles. The van der Waals surface area contributed by atoms with Crippen molar-refractivity contribution in [1.29, 1.82) is 0 Å². The number of hydrogen-bond acceptors (Lipinski definition) is 5. The van der Waals surface area contributed by atoms with E-state index in [2.05, 4.69) is 9.97 Å². The van der Waals surface area contributed by atoms with Gasteiger partial charge in [0.05, 0.1) is 7.11 Å². The summed E-state index contributed by atoms with van der Waals surface area (Å²) in [4.78, 5) is 19.8. The minimum absolute atomic E-state index is 0.110. The van der Waals surface area contributed by atoms with E-state index in [0.717, 1.165) is 0 Å². The molecule has 1 aromatic rings. The second-order valence-electron chi connectivity index (χ2n) is 2.75. The van der Waals surface area contributed by atoms with Gasteiger partial charge in [0, 0.05) is 0 Å². The van der Waals surface area contributed by atoms with Crippen LogP contribution in [0.2, 0.25) is 5.15 Å². The standard InChI is InChI=1S/C10H11ClN2O2S/c1-4-5-6(14)7-8(11)12-10(16-3)13-9(7)15-2/h4-5H,1-3H3/b5-4+. The predicted molar refractivity (Wildman–Crippen MR) is 64.5 cm³/mol. The molecule has 86 valence electrons. The Morgan fingerprint density at radius 1 is 1.50 bits per heavy atom. The lowest BCUT2D eigenvalue weighted by Gasteiger charge is -2.07. The summed E-state index contributed by atoms with van der Waals surface area (Å²) >= 11 is 7.25. The fourth-order valence-corrected chi connectivity index (χ4v) is 1.74. The third-order valence-corrected chi connectivity index (χ3v) is 2.57. The Labute approximate surface area is 103 Å². The monoisotopic (exact) mass is 258 g/mol. The molecule has 0 saturated heterocycles. The summed E-state index contributed by atoms with van der Waals surface area (Å²) < 4.78 is 5.03. The van der Waals surface area contributed by atoms with Gasteiger partial charge in [0.15, 0.2) is 10.9 Å². The fourth-order valence-electron chi connectivity index (χ4n) is 1.08. The van der Waals surface area contributed by atoms with E-state index in [1.54, 1.807) is 13.0 Å². The van der Waals surface area contributed by atoms with Crippen LogP contribution < -0.4 is 4.74 Å². The lowest BCUT2D eigenvalue weighted by Crippen LogP contribution is -2.05. The molecule has 0 bridgehead atoms. The van der Waals surface area contributed by atoms with Crippen LogP contribution in [0.25, 0.3) is 0 Å². The largest absolute Gasteiger partial charge is 0.480 e. The molecule has 0 unspecified atom stereocenters. The van der Waals surface area contributed by atoms with Crippen molar-refractivity contribution < 1.29 is 9.53 Å². The second kappa shape index (κ2) is 5.86. The normalized spacial score (nSPS) is 10.8. The van der Waals surface area contributed by atoms with Crippen molar-refractivity contribution in [2.75, 3.05) is 13.4 Å². The summed E-state index contributed by atoms with van der Waals surface area (Å²) in [5, 5.41) is 0.582. The Kier molecular flexibility index (Phi) is 4.76. The van der Waals surface area contributed by atoms with Gasteiger partial charge in [-0.15, -0.1) is 0 Å². The molecule has 0 amide bonds. The molecule has 0 N–H and O–H groups in total. The zero-order valence-electron chi connectivity index (χ0n) is 9.15. The van der Waals surface area contributed by atoms with Gasteiger partial charge >= 0.3 is 0 Å². The van der Waals surface area contributed by atoms with E-state index >= 15 is 0 Å². The van der Waals surface area contributed by atoms with Crippen molar-refractivity contribution in [3.05, 3.63) is 22.9 Å². The third kappa shape index (κ3) is 2.74. The molecular formula is C10H11ClN2O2S. The molecule has 0 aromatic carbocycles. The number of rotatable bonds is 4. The van der Waals surface area contributed by atoms with Gasteiger partial charge in [-0.05, 0) is 19.3 Å². The van der Waals surface area contributed by atoms with E-state index < -0.39 is 0 Å². The molecular weight excluding hydrogens is 248 g/mol. The molecule has 1 aromatic heterocycles. The lowest BCUT2D eigenvalue weighted by atomic mass is 10.2. The molecule has 0 aliphatic carbocycles. The molecule has 0 radical (unpaired) electrons. The zero-order chi connectivity index (χ0) is 12.1. The maximum Gasteiger partial charge on any atom is 0.230 e. The summed E-state index contributed by atoms with van der Waals surface area (Å²) in [7, 11) is 1.44.